The van der Waals surface area contributed by atoms with E-state index in [4.69, 9.17) is 11.6 Å². The lowest BCUT2D eigenvalue weighted by Gasteiger charge is -2.29. The van der Waals surface area contributed by atoms with Crippen LogP contribution < -0.4 is 0 Å². The van der Waals surface area contributed by atoms with Gasteiger partial charge in [0.15, 0.2) is 0 Å². The summed E-state index contributed by atoms with van der Waals surface area (Å²) in [7, 11) is 2.23. The van der Waals surface area contributed by atoms with Gasteiger partial charge < -0.3 is 10.0 Å². The van der Waals surface area contributed by atoms with E-state index in [0.29, 0.717) is 22.9 Å². The van der Waals surface area contributed by atoms with E-state index in [9.17, 15) is 5.11 Å². The molecule has 0 spiro atoms. The summed E-state index contributed by atoms with van der Waals surface area (Å²) in [5, 5.41) is 10.4. The van der Waals surface area contributed by atoms with E-state index < -0.39 is 0 Å². The third-order valence-corrected chi connectivity index (χ3v) is 5.12. The van der Waals surface area contributed by atoms with E-state index in [1.54, 1.807) is 0 Å². The number of hydrogen-bond donors (Lipinski definition) is 1. The summed E-state index contributed by atoms with van der Waals surface area (Å²) < 4.78 is 0. The molecule has 2 nitrogen and oxygen atoms in total. The van der Waals surface area contributed by atoms with Crippen molar-refractivity contribution in [2.24, 2.45) is 5.92 Å². The maximum Gasteiger partial charge on any atom is 0.134 e. The molecule has 1 aliphatic heterocycles. The molecule has 0 bridgehead atoms. The second kappa shape index (κ2) is 4.43. The Balaban J connectivity index is 2.12. The second-order valence-corrected chi connectivity index (χ2v) is 6.29. The molecule has 18 heavy (non-hydrogen) atoms. The van der Waals surface area contributed by atoms with E-state index in [2.05, 4.69) is 18.9 Å². The Morgan fingerprint density at radius 1 is 1.33 bits per heavy atom. The summed E-state index contributed by atoms with van der Waals surface area (Å²) in [6.45, 7) is 3.42. The highest BCUT2D eigenvalue weighted by atomic mass is 35.5. The predicted octanol–water partition coefficient (Wildman–Crippen LogP) is 3.42. The number of halogens is 1. The molecule has 0 aromatic heterocycles. The third-order valence-electron chi connectivity index (χ3n) is 4.81. The fourth-order valence-electron chi connectivity index (χ4n) is 3.79. The molecule has 1 fully saturated rings. The second-order valence-electron chi connectivity index (χ2n) is 5.88. The van der Waals surface area contributed by atoms with Gasteiger partial charge in [-0.05, 0) is 55.5 Å². The molecule has 1 aromatic carbocycles. The minimum Gasteiger partial charge on any atom is -0.506 e. The van der Waals surface area contributed by atoms with Gasteiger partial charge in [0, 0.05) is 18.5 Å². The summed E-state index contributed by atoms with van der Waals surface area (Å²) in [6.07, 6.45) is 3.58. The Bertz CT molecular complexity index is 474. The molecule has 1 N–H and O–H groups in total. The van der Waals surface area contributed by atoms with Crippen LogP contribution in [-0.4, -0.2) is 29.6 Å². The van der Waals surface area contributed by atoms with Crippen molar-refractivity contribution in [1.82, 2.24) is 4.90 Å². The van der Waals surface area contributed by atoms with Crippen LogP contribution in [0.2, 0.25) is 5.02 Å². The van der Waals surface area contributed by atoms with Crippen LogP contribution in [0.3, 0.4) is 0 Å². The van der Waals surface area contributed by atoms with Crippen molar-refractivity contribution in [3.63, 3.8) is 0 Å². The molecule has 3 rings (SSSR count). The van der Waals surface area contributed by atoms with Gasteiger partial charge >= 0.3 is 0 Å². The van der Waals surface area contributed by atoms with Crippen molar-refractivity contribution in [1.29, 1.82) is 0 Å². The minimum absolute atomic E-state index is 0.234. The van der Waals surface area contributed by atoms with Gasteiger partial charge in [0.05, 0.1) is 5.02 Å². The molecule has 0 amide bonds. The van der Waals surface area contributed by atoms with Gasteiger partial charge in [-0.2, -0.15) is 0 Å². The first-order valence-corrected chi connectivity index (χ1v) is 7.17. The van der Waals surface area contributed by atoms with Crippen molar-refractivity contribution in [2.75, 3.05) is 13.6 Å². The number of benzene rings is 1. The van der Waals surface area contributed by atoms with Crippen LogP contribution >= 0.6 is 11.6 Å². The Morgan fingerprint density at radius 2 is 2.11 bits per heavy atom. The van der Waals surface area contributed by atoms with Crippen molar-refractivity contribution in [3.8, 4) is 5.75 Å². The first-order valence-electron chi connectivity index (χ1n) is 6.79. The molecule has 1 saturated carbocycles. The van der Waals surface area contributed by atoms with E-state index in [1.165, 1.54) is 24.0 Å². The monoisotopic (exact) mass is 265 g/mol. The van der Waals surface area contributed by atoms with Gasteiger partial charge in [-0.3, -0.25) is 0 Å². The molecule has 1 aliphatic carbocycles. The average molecular weight is 266 g/mol. The Kier molecular flexibility index (Phi) is 3.03. The summed E-state index contributed by atoms with van der Waals surface area (Å²) in [4.78, 5) is 2.49. The number of likely N-dealkylation sites (N-methyl/N-ethyl adjacent to an activating group) is 1. The zero-order valence-electron chi connectivity index (χ0n) is 11.0. The van der Waals surface area contributed by atoms with Crippen molar-refractivity contribution in [3.05, 3.63) is 28.3 Å². The molecule has 0 radical (unpaired) electrons. The van der Waals surface area contributed by atoms with Crippen molar-refractivity contribution >= 4 is 11.6 Å². The van der Waals surface area contributed by atoms with Crippen molar-refractivity contribution in [2.45, 2.75) is 38.1 Å². The zero-order valence-corrected chi connectivity index (χ0v) is 11.7. The van der Waals surface area contributed by atoms with Crippen LogP contribution in [0.1, 0.15) is 36.8 Å². The maximum atomic E-state index is 9.89. The molecule has 3 heteroatoms. The van der Waals surface area contributed by atoms with E-state index in [1.807, 2.05) is 12.1 Å². The molecule has 0 unspecified atom stereocenters. The third kappa shape index (κ3) is 1.83. The SMILES string of the molecule is C[C@@H]1CC[C@H]2[C@H]1c1cc(O)c(Cl)cc1CCN2C. The molecule has 1 aromatic rings. The van der Waals surface area contributed by atoms with Gasteiger partial charge in [0.2, 0.25) is 0 Å². The fourth-order valence-corrected chi connectivity index (χ4v) is 3.98. The van der Waals surface area contributed by atoms with Crippen LogP contribution in [0.5, 0.6) is 5.75 Å². The number of rotatable bonds is 0. The lowest BCUT2D eigenvalue weighted by atomic mass is 9.85. The highest BCUT2D eigenvalue weighted by molar-refractivity contribution is 6.32. The van der Waals surface area contributed by atoms with Crippen LogP contribution in [0.4, 0.5) is 0 Å². The average Bonchev–Trinajstić information content (AvgIpc) is 2.65. The van der Waals surface area contributed by atoms with Crippen LogP contribution in [0.15, 0.2) is 12.1 Å². The summed E-state index contributed by atoms with van der Waals surface area (Å²) >= 11 is 6.05. The molecule has 2 aliphatic rings. The topological polar surface area (TPSA) is 23.5 Å². The highest BCUT2D eigenvalue weighted by Gasteiger charge is 2.39. The number of phenols is 1. The Hall–Kier alpha value is -0.730. The number of fused-ring (bicyclic) bond motifs is 3. The lowest BCUT2D eigenvalue weighted by Crippen LogP contribution is -2.33. The smallest absolute Gasteiger partial charge is 0.134 e. The number of nitrogens with zero attached hydrogens (tertiary/aromatic N) is 1. The zero-order chi connectivity index (χ0) is 12.9. The van der Waals surface area contributed by atoms with Gasteiger partial charge in [-0.1, -0.05) is 18.5 Å². The van der Waals surface area contributed by atoms with Crippen molar-refractivity contribution < 1.29 is 5.11 Å². The molecular weight excluding hydrogens is 246 g/mol. The Labute approximate surface area is 114 Å². The van der Waals surface area contributed by atoms with Gasteiger partial charge in [-0.15, -0.1) is 0 Å². The number of hydrogen-bond acceptors (Lipinski definition) is 2. The van der Waals surface area contributed by atoms with E-state index in [0.717, 1.165) is 13.0 Å². The molecular formula is C15H20ClNO. The van der Waals surface area contributed by atoms with Crippen LogP contribution in [-0.2, 0) is 6.42 Å². The summed E-state index contributed by atoms with van der Waals surface area (Å²) in [5.74, 6) is 1.48. The van der Waals surface area contributed by atoms with Crippen LogP contribution in [0.25, 0.3) is 0 Å². The highest BCUT2D eigenvalue weighted by Crippen LogP contribution is 2.46. The molecule has 3 atom stereocenters. The van der Waals surface area contributed by atoms with Gasteiger partial charge in [0.25, 0.3) is 0 Å². The largest absolute Gasteiger partial charge is 0.506 e. The Morgan fingerprint density at radius 3 is 2.89 bits per heavy atom. The maximum absolute atomic E-state index is 9.89. The summed E-state index contributed by atoms with van der Waals surface area (Å²) in [5.41, 5.74) is 2.65. The van der Waals surface area contributed by atoms with E-state index >= 15 is 0 Å². The molecule has 1 heterocycles. The summed E-state index contributed by atoms with van der Waals surface area (Å²) in [6, 6.07) is 4.51. The molecule has 0 saturated heterocycles. The first kappa shape index (κ1) is 12.3. The van der Waals surface area contributed by atoms with Gasteiger partial charge in [0.1, 0.15) is 5.75 Å². The van der Waals surface area contributed by atoms with Crippen LogP contribution in [0, 0.1) is 5.92 Å². The normalized spacial score (nSPS) is 31.8. The predicted molar refractivity (Wildman–Crippen MR) is 74.4 cm³/mol. The number of phenolic OH excluding ortho intramolecular Hbond substituents is 1. The van der Waals surface area contributed by atoms with E-state index in [-0.39, 0.29) is 5.75 Å². The fraction of sp³-hybridized carbons (Fsp3) is 0.600. The standard InChI is InChI=1S/C15H20ClNO/c1-9-3-4-13-15(9)11-8-14(18)12(16)7-10(11)5-6-17(13)2/h7-9,13,15,18H,3-6H2,1-2H3/t9-,13+,15-/m1/s1. The first-order chi connectivity index (χ1) is 8.58. The quantitative estimate of drug-likeness (QED) is 0.777. The molecule has 98 valence electrons. The van der Waals surface area contributed by atoms with Gasteiger partial charge in [-0.25, -0.2) is 0 Å². The number of aromatic hydroxyl groups is 1. The lowest BCUT2D eigenvalue weighted by molar-refractivity contribution is 0.231. The minimum atomic E-state index is 0.234.